The predicted octanol–water partition coefficient (Wildman–Crippen LogP) is 4.32. The topological polar surface area (TPSA) is 132 Å². The molecule has 1 saturated heterocycles. The third-order valence-corrected chi connectivity index (χ3v) is 6.78. The summed E-state index contributed by atoms with van der Waals surface area (Å²) in [4.78, 5) is 32.9. The minimum Gasteiger partial charge on any atom is -0.382 e. The summed E-state index contributed by atoms with van der Waals surface area (Å²) in [5.74, 6) is -0.752. The van der Waals surface area contributed by atoms with Crippen molar-refractivity contribution in [2.75, 3.05) is 29.5 Å². The molecule has 1 fully saturated rings. The number of nitrogen functional groups attached to an aromatic ring is 1. The number of carbonyl (C=O) groups is 2. The fourth-order valence-electron chi connectivity index (χ4n) is 4.83. The standard InChI is InChI=1S/C26H24F4N8O2/c1-2-22(39)37-8-6-15(12-37)20-11-17(23-24(31)33-13-34-38(20)23)14-3-4-19(18(27)9-14)35-25(40)36-21-10-16(5-7-32-21)26(28,29)30/h3-5,7,9-11,13,15H,2,6,8,12H2,1H3,(H2,31,33,34)(H2,32,35,36,40)/p+1. The smallest absolute Gasteiger partial charge is 0.382 e. The van der Waals surface area contributed by atoms with Gasteiger partial charge in [-0.15, -0.1) is 0 Å². The number of nitrogens with zero attached hydrogens (tertiary/aromatic N) is 4. The van der Waals surface area contributed by atoms with Crippen LogP contribution in [0.1, 0.15) is 36.9 Å². The minimum atomic E-state index is -4.59. The molecule has 10 nitrogen and oxygen atoms in total. The highest BCUT2D eigenvalue weighted by Gasteiger charge is 2.32. The number of benzene rings is 1. The van der Waals surface area contributed by atoms with Crippen LogP contribution in [0.15, 0.2) is 48.9 Å². The number of halogens is 4. The van der Waals surface area contributed by atoms with Crippen LogP contribution < -0.4 is 21.4 Å². The van der Waals surface area contributed by atoms with Crippen molar-refractivity contribution in [3.63, 3.8) is 0 Å². The highest BCUT2D eigenvalue weighted by atomic mass is 19.4. The number of rotatable bonds is 5. The zero-order valence-electron chi connectivity index (χ0n) is 21.2. The molecule has 4 aromatic rings. The lowest BCUT2D eigenvalue weighted by molar-refractivity contribution is -0.361. The number of pyridine rings is 1. The van der Waals surface area contributed by atoms with Crippen LogP contribution in [0.3, 0.4) is 0 Å². The zero-order valence-corrected chi connectivity index (χ0v) is 21.2. The number of nitrogens with one attached hydrogen (secondary N) is 3. The molecule has 0 spiro atoms. The van der Waals surface area contributed by atoms with Gasteiger partial charge in [-0.2, -0.15) is 23.6 Å². The molecule has 5 rings (SSSR count). The first-order valence-corrected chi connectivity index (χ1v) is 12.4. The summed E-state index contributed by atoms with van der Waals surface area (Å²) in [6.07, 6.45) is -1.09. The summed E-state index contributed by atoms with van der Waals surface area (Å²) >= 11 is 0. The molecule has 1 atom stereocenters. The summed E-state index contributed by atoms with van der Waals surface area (Å²) in [7, 11) is 0. The van der Waals surface area contributed by atoms with E-state index in [0.717, 1.165) is 30.4 Å². The number of aromatic nitrogens is 4. The van der Waals surface area contributed by atoms with Gasteiger partial charge in [-0.1, -0.05) is 13.0 Å². The molecule has 3 aromatic heterocycles. The van der Waals surface area contributed by atoms with Crippen LogP contribution in [0, 0.1) is 5.82 Å². The Hall–Kier alpha value is -4.75. The van der Waals surface area contributed by atoms with Gasteiger partial charge in [-0.25, -0.2) is 23.7 Å². The van der Waals surface area contributed by atoms with Crippen LogP contribution in [0.25, 0.3) is 16.6 Å². The van der Waals surface area contributed by atoms with E-state index in [2.05, 4.69) is 25.7 Å². The van der Waals surface area contributed by atoms with Crippen LogP contribution in [0.2, 0.25) is 0 Å². The van der Waals surface area contributed by atoms with Crippen LogP contribution in [-0.2, 0) is 11.0 Å². The molecule has 1 unspecified atom stereocenters. The number of carbonyl (C=O) groups excluding carboxylic acids is 2. The lowest BCUT2D eigenvalue weighted by Crippen LogP contribution is -2.27. The maximum absolute atomic E-state index is 15.1. The van der Waals surface area contributed by atoms with Crippen molar-refractivity contribution in [1.29, 1.82) is 0 Å². The Morgan fingerprint density at radius 2 is 1.98 bits per heavy atom. The molecule has 5 N–H and O–H groups in total. The third kappa shape index (κ3) is 5.24. The number of nitrogens with two attached hydrogens (primary N) is 1. The predicted molar refractivity (Wildman–Crippen MR) is 138 cm³/mol. The fourth-order valence-corrected chi connectivity index (χ4v) is 4.83. The first-order chi connectivity index (χ1) is 19.0. The lowest BCUT2D eigenvalue weighted by atomic mass is 10.0. The molecule has 0 saturated carbocycles. The number of alkyl halides is 3. The Morgan fingerprint density at radius 1 is 1.18 bits per heavy atom. The van der Waals surface area contributed by atoms with E-state index in [9.17, 15) is 22.8 Å². The van der Waals surface area contributed by atoms with Gasteiger partial charge in [0.1, 0.15) is 17.7 Å². The second-order valence-electron chi connectivity index (χ2n) is 9.33. The molecule has 40 heavy (non-hydrogen) atoms. The van der Waals surface area contributed by atoms with Gasteiger partial charge in [-0.3, -0.25) is 10.1 Å². The molecule has 208 valence electrons. The van der Waals surface area contributed by atoms with Crippen LogP contribution in [0.4, 0.5) is 39.7 Å². The van der Waals surface area contributed by atoms with E-state index in [0.29, 0.717) is 36.2 Å². The van der Waals surface area contributed by atoms with Crippen LogP contribution >= 0.6 is 0 Å². The Balaban J connectivity index is 1.39. The summed E-state index contributed by atoms with van der Waals surface area (Å²) in [5.41, 5.74) is 7.34. The van der Waals surface area contributed by atoms with Gasteiger partial charge in [0, 0.05) is 42.8 Å². The molecule has 0 aliphatic carbocycles. The van der Waals surface area contributed by atoms with Crippen molar-refractivity contribution in [3.8, 4) is 11.1 Å². The van der Waals surface area contributed by atoms with Crippen molar-refractivity contribution in [1.82, 2.24) is 19.5 Å². The SMILES string of the molecule is CCC(=O)N1CCC(c2cc(-c3ccc(NC(=O)Nc4cc(C(F)(F)F)cc[nH+]4)c(F)c3)c3c(N)ncnn23)C1. The Morgan fingerprint density at radius 3 is 2.70 bits per heavy atom. The summed E-state index contributed by atoms with van der Waals surface area (Å²) < 4.78 is 55.6. The Kier molecular flexibility index (Phi) is 7.00. The number of likely N-dealkylation sites (tertiary alicyclic amines) is 1. The van der Waals surface area contributed by atoms with E-state index in [1.165, 1.54) is 18.5 Å². The number of H-pyrrole nitrogens is 1. The molecule has 1 aliphatic rings. The summed E-state index contributed by atoms with van der Waals surface area (Å²) in [5, 5.41) is 8.87. The van der Waals surface area contributed by atoms with Crippen molar-refractivity contribution in [2.45, 2.75) is 31.9 Å². The highest BCUT2D eigenvalue weighted by molar-refractivity contribution is 5.99. The monoisotopic (exact) mass is 557 g/mol. The van der Waals surface area contributed by atoms with Crippen molar-refractivity contribution < 1.29 is 32.1 Å². The number of hydrogen-bond donors (Lipinski definition) is 3. The van der Waals surface area contributed by atoms with Gasteiger partial charge in [0.05, 0.1) is 17.4 Å². The molecule has 1 aliphatic heterocycles. The number of fused-ring (bicyclic) bond motifs is 1. The molecule has 14 heteroatoms. The average Bonchev–Trinajstić information content (AvgIpc) is 3.55. The second kappa shape index (κ2) is 10.4. The lowest BCUT2D eigenvalue weighted by Gasteiger charge is -2.15. The van der Waals surface area contributed by atoms with Crippen molar-refractivity contribution >= 4 is 34.8 Å². The molecule has 0 bridgehead atoms. The first kappa shape index (κ1) is 26.8. The largest absolute Gasteiger partial charge is 0.416 e. The van der Waals surface area contributed by atoms with Crippen molar-refractivity contribution in [3.05, 3.63) is 66.0 Å². The van der Waals surface area contributed by atoms with Gasteiger partial charge in [-0.05, 0) is 36.2 Å². The zero-order chi connectivity index (χ0) is 28.6. The van der Waals surface area contributed by atoms with E-state index < -0.39 is 23.6 Å². The van der Waals surface area contributed by atoms with Crippen LogP contribution in [0.5, 0.6) is 0 Å². The van der Waals surface area contributed by atoms with Gasteiger partial charge in [0.25, 0.3) is 5.82 Å². The number of urea groups is 1. The van der Waals surface area contributed by atoms with Gasteiger partial charge >= 0.3 is 12.2 Å². The van der Waals surface area contributed by atoms with Crippen LogP contribution in [-0.4, -0.2) is 44.5 Å². The molecular weight excluding hydrogens is 532 g/mol. The number of hydrogen-bond acceptors (Lipinski definition) is 5. The number of anilines is 3. The van der Waals surface area contributed by atoms with E-state index >= 15 is 4.39 Å². The maximum Gasteiger partial charge on any atom is 0.416 e. The fraction of sp³-hybridized carbons (Fsp3) is 0.269. The molecule has 0 radical (unpaired) electrons. The number of amides is 3. The van der Waals surface area contributed by atoms with Crippen molar-refractivity contribution in [2.24, 2.45) is 0 Å². The highest BCUT2D eigenvalue weighted by Crippen LogP contribution is 2.37. The van der Waals surface area contributed by atoms with E-state index in [-0.39, 0.29) is 29.1 Å². The second-order valence-corrected chi connectivity index (χ2v) is 9.33. The summed E-state index contributed by atoms with van der Waals surface area (Å²) in [6, 6.07) is 6.57. The molecular formula is C26H25F4N8O2+. The molecule has 4 heterocycles. The van der Waals surface area contributed by atoms with E-state index in [1.807, 2.05) is 13.0 Å². The first-order valence-electron chi connectivity index (χ1n) is 12.4. The van der Waals surface area contributed by atoms with Gasteiger partial charge in [0.2, 0.25) is 5.91 Å². The van der Waals surface area contributed by atoms with E-state index in [4.69, 9.17) is 5.73 Å². The maximum atomic E-state index is 15.1. The normalized spacial score (nSPS) is 15.4. The minimum absolute atomic E-state index is 0.00631. The van der Waals surface area contributed by atoms with Gasteiger partial charge in [0.15, 0.2) is 5.82 Å². The molecule has 3 amide bonds. The Labute approximate surface area is 225 Å². The molecule has 1 aromatic carbocycles. The number of aromatic amines is 1. The average molecular weight is 558 g/mol. The van der Waals surface area contributed by atoms with Gasteiger partial charge < -0.3 is 10.6 Å². The van der Waals surface area contributed by atoms with E-state index in [1.54, 1.807) is 15.5 Å². The Bertz CT molecular complexity index is 1600. The quantitative estimate of drug-likeness (QED) is 0.315. The third-order valence-electron chi connectivity index (χ3n) is 6.78. The summed E-state index contributed by atoms with van der Waals surface area (Å²) in [6.45, 7) is 2.96.